The summed E-state index contributed by atoms with van der Waals surface area (Å²) < 4.78 is 23.2. The second kappa shape index (κ2) is 12.0. The average Bonchev–Trinajstić information content (AvgIpc) is 3.46. The van der Waals surface area contributed by atoms with Crippen molar-refractivity contribution >= 4 is 16.9 Å². The molecule has 1 heterocycles. The van der Waals surface area contributed by atoms with Crippen molar-refractivity contribution in [1.82, 2.24) is 4.98 Å². The number of pyridine rings is 1. The first kappa shape index (κ1) is 25.5. The Morgan fingerprint density at radius 1 is 0.947 bits per heavy atom. The molecule has 38 heavy (non-hydrogen) atoms. The largest absolute Gasteiger partial charge is 0.493 e. The second-order valence-electron chi connectivity index (χ2n) is 9.41. The normalized spacial score (nSPS) is 14.3. The van der Waals surface area contributed by atoms with Crippen molar-refractivity contribution in [2.24, 2.45) is 5.73 Å². The van der Waals surface area contributed by atoms with Crippen molar-refractivity contribution in [3.8, 4) is 34.1 Å². The third-order valence-corrected chi connectivity index (χ3v) is 6.75. The molecule has 0 aliphatic heterocycles. The minimum Gasteiger partial charge on any atom is -0.493 e. The number of methoxy groups -OCH3 is 1. The number of esters is 1. The van der Waals surface area contributed by atoms with E-state index in [1.54, 1.807) is 13.3 Å². The van der Waals surface area contributed by atoms with Gasteiger partial charge in [0.15, 0.2) is 11.5 Å². The molecular weight excluding hydrogens is 480 g/mol. The SMILES string of the molecule is COc1cc2c(Oc3ccc(-c4ccccc4)cc3)ccnc2cc1OCC[C@H](N)C(=O)OC1CCCC1. The van der Waals surface area contributed by atoms with Crippen LogP contribution in [0.15, 0.2) is 79.0 Å². The summed E-state index contributed by atoms with van der Waals surface area (Å²) in [4.78, 5) is 16.8. The van der Waals surface area contributed by atoms with Crippen molar-refractivity contribution in [2.75, 3.05) is 13.7 Å². The molecule has 196 valence electrons. The highest BCUT2D eigenvalue weighted by atomic mass is 16.5. The fourth-order valence-electron chi connectivity index (χ4n) is 4.63. The molecule has 5 rings (SSSR count). The molecular formula is C31H32N2O5. The quantitative estimate of drug-likeness (QED) is 0.250. The Morgan fingerprint density at radius 3 is 2.42 bits per heavy atom. The van der Waals surface area contributed by atoms with Crippen LogP contribution in [0.25, 0.3) is 22.0 Å². The molecule has 4 aromatic rings. The lowest BCUT2D eigenvalue weighted by Gasteiger charge is -2.17. The van der Waals surface area contributed by atoms with Crippen LogP contribution >= 0.6 is 0 Å². The number of benzene rings is 3. The molecule has 1 aliphatic carbocycles. The van der Waals surface area contributed by atoms with E-state index in [-0.39, 0.29) is 18.7 Å². The zero-order valence-corrected chi connectivity index (χ0v) is 21.5. The number of fused-ring (bicyclic) bond motifs is 1. The standard InChI is InChI=1S/C31H32N2O5/c1-35-29-19-25-27(20-30(29)36-18-16-26(32)31(34)38-23-9-5-6-10-23)33-17-15-28(25)37-24-13-11-22(12-14-24)21-7-3-2-4-8-21/h2-4,7-8,11-15,17,19-20,23,26H,5-6,9-10,16,18,32H2,1H3/t26-/m0/s1. The van der Waals surface area contributed by atoms with Crippen LogP contribution in [0, 0.1) is 0 Å². The summed E-state index contributed by atoms with van der Waals surface area (Å²) in [6.07, 6.45) is 6.06. The Labute approximate surface area is 222 Å². The zero-order chi connectivity index (χ0) is 26.3. The highest BCUT2D eigenvalue weighted by Crippen LogP contribution is 2.37. The van der Waals surface area contributed by atoms with Gasteiger partial charge in [-0.2, -0.15) is 0 Å². The molecule has 0 radical (unpaired) electrons. The molecule has 0 unspecified atom stereocenters. The highest BCUT2D eigenvalue weighted by molar-refractivity contribution is 5.88. The van der Waals surface area contributed by atoms with Gasteiger partial charge in [-0.1, -0.05) is 42.5 Å². The average molecular weight is 513 g/mol. The predicted octanol–water partition coefficient (Wildman–Crippen LogP) is 6.28. The van der Waals surface area contributed by atoms with Crippen LogP contribution in [0.4, 0.5) is 0 Å². The number of carbonyl (C=O) groups excluding carboxylic acids is 1. The number of aromatic nitrogens is 1. The predicted molar refractivity (Wildman–Crippen MR) is 147 cm³/mol. The van der Waals surface area contributed by atoms with E-state index >= 15 is 0 Å². The molecule has 1 atom stereocenters. The van der Waals surface area contributed by atoms with E-state index in [9.17, 15) is 4.79 Å². The van der Waals surface area contributed by atoms with Gasteiger partial charge >= 0.3 is 5.97 Å². The number of carbonyl (C=O) groups is 1. The van der Waals surface area contributed by atoms with Gasteiger partial charge in [0.05, 0.1) is 19.2 Å². The minimum atomic E-state index is -0.728. The smallest absolute Gasteiger partial charge is 0.323 e. The fourth-order valence-corrected chi connectivity index (χ4v) is 4.63. The maximum atomic E-state index is 12.3. The van der Waals surface area contributed by atoms with Gasteiger partial charge in [-0.3, -0.25) is 9.78 Å². The van der Waals surface area contributed by atoms with E-state index in [1.807, 2.05) is 60.7 Å². The molecule has 1 aliphatic rings. The van der Waals surface area contributed by atoms with Crippen LogP contribution in [0.5, 0.6) is 23.0 Å². The lowest BCUT2D eigenvalue weighted by Crippen LogP contribution is -2.35. The molecule has 2 N–H and O–H groups in total. The van der Waals surface area contributed by atoms with Crippen LogP contribution < -0.4 is 19.9 Å². The molecule has 1 fully saturated rings. The molecule has 1 saturated carbocycles. The zero-order valence-electron chi connectivity index (χ0n) is 21.5. The number of nitrogens with two attached hydrogens (primary N) is 1. The van der Waals surface area contributed by atoms with Gasteiger partial charge in [0.25, 0.3) is 0 Å². The van der Waals surface area contributed by atoms with Gasteiger partial charge in [-0.05, 0) is 61.1 Å². The maximum Gasteiger partial charge on any atom is 0.323 e. The topological polar surface area (TPSA) is 92.9 Å². The Hall–Kier alpha value is -4.10. The summed E-state index contributed by atoms with van der Waals surface area (Å²) in [5.41, 5.74) is 9.01. The Balaban J connectivity index is 1.26. The van der Waals surface area contributed by atoms with Crippen LogP contribution in [0.2, 0.25) is 0 Å². The Bertz CT molecular complexity index is 1370. The monoisotopic (exact) mass is 512 g/mol. The van der Waals surface area contributed by atoms with E-state index in [0.717, 1.165) is 47.9 Å². The summed E-state index contributed by atoms with van der Waals surface area (Å²) in [5, 5.41) is 0.792. The number of ether oxygens (including phenoxy) is 4. The third-order valence-electron chi connectivity index (χ3n) is 6.75. The minimum absolute atomic E-state index is 0.000613. The number of rotatable bonds is 10. The molecule has 0 saturated heterocycles. The first-order valence-corrected chi connectivity index (χ1v) is 13.0. The summed E-state index contributed by atoms with van der Waals surface area (Å²) in [6, 6.07) is 22.9. The Morgan fingerprint density at radius 2 is 1.68 bits per heavy atom. The van der Waals surface area contributed by atoms with Crippen molar-refractivity contribution in [1.29, 1.82) is 0 Å². The van der Waals surface area contributed by atoms with E-state index < -0.39 is 6.04 Å². The van der Waals surface area contributed by atoms with E-state index in [1.165, 1.54) is 0 Å². The number of hydrogen-bond donors (Lipinski definition) is 1. The van der Waals surface area contributed by atoms with Crippen molar-refractivity contribution in [2.45, 2.75) is 44.2 Å². The van der Waals surface area contributed by atoms with Crippen LogP contribution in [0.1, 0.15) is 32.1 Å². The molecule has 0 spiro atoms. The summed E-state index contributed by atoms with van der Waals surface area (Å²) in [7, 11) is 1.58. The fraction of sp³-hybridized carbons (Fsp3) is 0.290. The molecule has 0 amide bonds. The van der Waals surface area contributed by atoms with Gasteiger partial charge < -0.3 is 24.7 Å². The summed E-state index contributed by atoms with van der Waals surface area (Å²) in [5.74, 6) is 2.07. The first-order chi connectivity index (χ1) is 18.6. The van der Waals surface area contributed by atoms with Gasteiger partial charge in [0.2, 0.25) is 0 Å². The van der Waals surface area contributed by atoms with Crippen LogP contribution in [0.3, 0.4) is 0 Å². The van der Waals surface area contributed by atoms with Crippen molar-refractivity contribution < 1.29 is 23.7 Å². The first-order valence-electron chi connectivity index (χ1n) is 13.0. The van der Waals surface area contributed by atoms with E-state index in [0.29, 0.717) is 29.2 Å². The Kier molecular flexibility index (Phi) is 8.04. The van der Waals surface area contributed by atoms with Crippen LogP contribution in [-0.4, -0.2) is 36.8 Å². The molecule has 3 aromatic carbocycles. The molecule has 7 nitrogen and oxygen atoms in total. The van der Waals surface area contributed by atoms with Gasteiger partial charge in [-0.25, -0.2) is 0 Å². The van der Waals surface area contributed by atoms with Gasteiger partial charge in [0, 0.05) is 24.1 Å². The lowest BCUT2D eigenvalue weighted by molar-refractivity contribution is -0.150. The van der Waals surface area contributed by atoms with E-state index in [4.69, 9.17) is 24.7 Å². The van der Waals surface area contributed by atoms with Crippen molar-refractivity contribution in [3.05, 3.63) is 79.0 Å². The maximum absolute atomic E-state index is 12.3. The lowest BCUT2D eigenvalue weighted by atomic mass is 10.1. The summed E-state index contributed by atoms with van der Waals surface area (Å²) >= 11 is 0. The van der Waals surface area contributed by atoms with Crippen molar-refractivity contribution in [3.63, 3.8) is 0 Å². The third kappa shape index (κ3) is 6.06. The molecule has 0 bridgehead atoms. The number of nitrogens with zero attached hydrogens (tertiary/aromatic N) is 1. The molecule has 7 heteroatoms. The number of hydrogen-bond acceptors (Lipinski definition) is 7. The van der Waals surface area contributed by atoms with Crippen LogP contribution in [-0.2, 0) is 9.53 Å². The summed E-state index contributed by atoms with van der Waals surface area (Å²) in [6.45, 7) is 0.243. The van der Waals surface area contributed by atoms with Gasteiger partial charge in [0.1, 0.15) is 23.6 Å². The highest BCUT2D eigenvalue weighted by Gasteiger charge is 2.23. The second-order valence-corrected chi connectivity index (χ2v) is 9.41. The van der Waals surface area contributed by atoms with Gasteiger partial charge in [-0.15, -0.1) is 0 Å². The van der Waals surface area contributed by atoms with E-state index in [2.05, 4.69) is 17.1 Å². The molecule has 1 aromatic heterocycles.